The van der Waals surface area contributed by atoms with Crippen molar-refractivity contribution in [2.24, 2.45) is 17.6 Å². The van der Waals surface area contributed by atoms with E-state index in [1.54, 1.807) is 11.1 Å². The van der Waals surface area contributed by atoms with Gasteiger partial charge in [-0.1, -0.05) is 24.3 Å². The molecule has 0 aromatic heterocycles. The molecule has 0 amide bonds. The van der Waals surface area contributed by atoms with E-state index in [1.165, 1.54) is 25.7 Å². The topological polar surface area (TPSA) is 26.0 Å². The summed E-state index contributed by atoms with van der Waals surface area (Å²) in [6, 6.07) is 9.33. The van der Waals surface area contributed by atoms with E-state index >= 15 is 0 Å². The van der Waals surface area contributed by atoms with Crippen LogP contribution in [0.5, 0.6) is 0 Å². The molecule has 1 heteroatoms. The number of benzene rings is 1. The van der Waals surface area contributed by atoms with Crippen molar-refractivity contribution in [3.8, 4) is 0 Å². The van der Waals surface area contributed by atoms with E-state index in [1.807, 2.05) is 0 Å². The van der Waals surface area contributed by atoms with Gasteiger partial charge >= 0.3 is 0 Å². The maximum atomic E-state index is 6.26. The van der Waals surface area contributed by atoms with E-state index in [0.29, 0.717) is 6.04 Å². The molecule has 2 N–H and O–H groups in total. The fourth-order valence-electron chi connectivity index (χ4n) is 3.19. The first-order chi connectivity index (χ1) is 6.84. The quantitative estimate of drug-likeness (QED) is 0.661. The third-order valence-electron chi connectivity index (χ3n) is 4.08. The Hall–Kier alpha value is -0.820. The normalized spacial score (nSPS) is 35.1. The number of nitrogens with two attached hydrogens (primary N) is 1. The molecular weight excluding hydrogens is 170 g/mol. The monoisotopic (exact) mass is 187 g/mol. The highest BCUT2D eigenvalue weighted by molar-refractivity contribution is 5.30. The van der Waals surface area contributed by atoms with Crippen LogP contribution < -0.4 is 5.73 Å². The molecule has 2 aliphatic carbocycles. The van der Waals surface area contributed by atoms with Gasteiger partial charge in [0.15, 0.2) is 0 Å². The van der Waals surface area contributed by atoms with Crippen LogP contribution in [0.2, 0.25) is 0 Å². The zero-order chi connectivity index (χ0) is 9.54. The molecule has 0 aliphatic heterocycles. The number of hydrogen-bond acceptors (Lipinski definition) is 1. The lowest BCUT2D eigenvalue weighted by Crippen LogP contribution is -2.31. The number of fused-ring (bicyclic) bond motifs is 3. The summed E-state index contributed by atoms with van der Waals surface area (Å²) >= 11 is 0. The van der Waals surface area contributed by atoms with Crippen LogP contribution in [-0.2, 0) is 12.8 Å². The van der Waals surface area contributed by atoms with Crippen molar-refractivity contribution < 1.29 is 0 Å². The van der Waals surface area contributed by atoms with Gasteiger partial charge in [0.25, 0.3) is 0 Å². The molecule has 2 atom stereocenters. The van der Waals surface area contributed by atoms with Gasteiger partial charge in [0.2, 0.25) is 0 Å². The first-order valence-corrected chi connectivity index (χ1v) is 5.67. The molecule has 2 bridgehead atoms. The lowest BCUT2D eigenvalue weighted by molar-refractivity contribution is 0.421. The summed E-state index contributed by atoms with van der Waals surface area (Å²) in [5.41, 5.74) is 9.37. The van der Waals surface area contributed by atoms with Gasteiger partial charge in [-0.25, -0.2) is 0 Å². The van der Waals surface area contributed by atoms with Crippen molar-refractivity contribution in [3.05, 3.63) is 35.4 Å². The molecule has 1 nitrogen and oxygen atoms in total. The largest absolute Gasteiger partial charge is 0.327 e. The second-order valence-electron chi connectivity index (χ2n) is 4.85. The molecule has 2 aliphatic rings. The second-order valence-corrected chi connectivity index (χ2v) is 4.85. The Kier molecular flexibility index (Phi) is 1.88. The molecule has 1 aromatic rings. The third kappa shape index (κ3) is 1.19. The van der Waals surface area contributed by atoms with Crippen molar-refractivity contribution in [2.45, 2.75) is 31.7 Å². The van der Waals surface area contributed by atoms with Crippen molar-refractivity contribution in [2.75, 3.05) is 0 Å². The van der Waals surface area contributed by atoms with Gasteiger partial charge < -0.3 is 5.73 Å². The Morgan fingerprint density at radius 3 is 1.93 bits per heavy atom. The van der Waals surface area contributed by atoms with Crippen LogP contribution >= 0.6 is 0 Å². The van der Waals surface area contributed by atoms with E-state index in [4.69, 9.17) is 5.73 Å². The van der Waals surface area contributed by atoms with Gasteiger partial charge in [0.1, 0.15) is 0 Å². The molecule has 14 heavy (non-hydrogen) atoms. The second kappa shape index (κ2) is 3.09. The fraction of sp³-hybridized carbons (Fsp3) is 0.538. The van der Waals surface area contributed by atoms with Gasteiger partial charge in [-0.2, -0.15) is 0 Å². The van der Waals surface area contributed by atoms with Gasteiger partial charge in [-0.05, 0) is 48.6 Å². The molecule has 0 spiro atoms. The fourth-order valence-corrected chi connectivity index (χ4v) is 3.19. The highest BCUT2D eigenvalue weighted by Gasteiger charge is 2.36. The molecule has 0 saturated heterocycles. The predicted molar refractivity (Wildman–Crippen MR) is 58.0 cm³/mol. The minimum Gasteiger partial charge on any atom is -0.327 e. The molecule has 74 valence electrons. The summed E-state index contributed by atoms with van der Waals surface area (Å²) in [6.45, 7) is 0. The zero-order valence-electron chi connectivity index (χ0n) is 8.45. The van der Waals surface area contributed by atoms with Gasteiger partial charge in [0, 0.05) is 6.04 Å². The Bertz CT molecular complexity index is 312. The van der Waals surface area contributed by atoms with Crippen molar-refractivity contribution in [3.63, 3.8) is 0 Å². The van der Waals surface area contributed by atoms with Crippen molar-refractivity contribution in [1.29, 1.82) is 0 Å². The summed E-state index contributed by atoms with van der Waals surface area (Å²) in [6.07, 6.45) is 5.13. The van der Waals surface area contributed by atoms with Gasteiger partial charge in [0.05, 0.1) is 0 Å². The SMILES string of the molecule is NC1[C@H]2CC[C@H]1Cc1ccccc1C2. The standard InChI is InChI=1S/C13H17N/c14-13-11-5-6-12(13)8-10-4-2-1-3-9(10)7-11/h1-4,11-13H,5-8,14H2/t11-,12-/m0/s1. The molecule has 1 fully saturated rings. The summed E-state index contributed by atoms with van der Waals surface area (Å²) in [5, 5.41) is 0. The molecule has 3 rings (SSSR count). The van der Waals surface area contributed by atoms with Crippen LogP contribution in [-0.4, -0.2) is 6.04 Å². The van der Waals surface area contributed by atoms with E-state index < -0.39 is 0 Å². The Labute approximate surface area is 85.3 Å². The molecular formula is C13H17N. The van der Waals surface area contributed by atoms with Crippen LogP contribution in [0.15, 0.2) is 24.3 Å². The summed E-state index contributed by atoms with van der Waals surface area (Å²) in [7, 11) is 0. The smallest absolute Gasteiger partial charge is 0.0102 e. The summed E-state index contributed by atoms with van der Waals surface area (Å²) < 4.78 is 0. The average molecular weight is 187 g/mol. The minimum absolute atomic E-state index is 0.461. The van der Waals surface area contributed by atoms with Crippen LogP contribution in [0.4, 0.5) is 0 Å². The summed E-state index contributed by atoms with van der Waals surface area (Å²) in [5.74, 6) is 1.51. The van der Waals surface area contributed by atoms with Gasteiger partial charge in [-0.3, -0.25) is 0 Å². The Balaban J connectivity index is 2.01. The van der Waals surface area contributed by atoms with E-state index in [2.05, 4.69) is 24.3 Å². The van der Waals surface area contributed by atoms with E-state index in [9.17, 15) is 0 Å². The van der Waals surface area contributed by atoms with Crippen LogP contribution in [0.25, 0.3) is 0 Å². The Morgan fingerprint density at radius 2 is 1.43 bits per heavy atom. The Morgan fingerprint density at radius 1 is 0.929 bits per heavy atom. The van der Waals surface area contributed by atoms with Crippen molar-refractivity contribution >= 4 is 0 Å². The molecule has 0 heterocycles. The number of rotatable bonds is 0. The van der Waals surface area contributed by atoms with Crippen molar-refractivity contribution in [1.82, 2.24) is 0 Å². The maximum absolute atomic E-state index is 6.26. The first-order valence-electron chi connectivity index (χ1n) is 5.67. The molecule has 1 aromatic carbocycles. The maximum Gasteiger partial charge on any atom is 0.0102 e. The highest BCUT2D eigenvalue weighted by Crippen LogP contribution is 2.38. The third-order valence-corrected chi connectivity index (χ3v) is 4.08. The van der Waals surface area contributed by atoms with E-state index in [0.717, 1.165) is 11.8 Å². The molecule has 0 unspecified atom stereocenters. The van der Waals surface area contributed by atoms with Gasteiger partial charge in [-0.15, -0.1) is 0 Å². The molecule has 1 saturated carbocycles. The summed E-state index contributed by atoms with van der Waals surface area (Å²) in [4.78, 5) is 0. The number of hydrogen-bond donors (Lipinski definition) is 1. The van der Waals surface area contributed by atoms with E-state index in [-0.39, 0.29) is 0 Å². The predicted octanol–water partition coefficient (Wildman–Crippen LogP) is 2.14. The first kappa shape index (κ1) is 8.49. The lowest BCUT2D eigenvalue weighted by atomic mass is 9.94. The lowest BCUT2D eigenvalue weighted by Gasteiger charge is -2.15. The van der Waals surface area contributed by atoms with Crippen LogP contribution in [0.3, 0.4) is 0 Å². The zero-order valence-corrected chi connectivity index (χ0v) is 8.45. The van der Waals surface area contributed by atoms with Crippen LogP contribution in [0, 0.1) is 11.8 Å². The average Bonchev–Trinajstić information content (AvgIpc) is 2.44. The minimum atomic E-state index is 0.461. The highest BCUT2D eigenvalue weighted by atomic mass is 14.7. The van der Waals surface area contributed by atoms with Crippen LogP contribution in [0.1, 0.15) is 24.0 Å². The molecule has 0 radical (unpaired) electrons.